The Morgan fingerprint density at radius 3 is 2.58 bits per heavy atom. The summed E-state index contributed by atoms with van der Waals surface area (Å²) >= 11 is 0. The summed E-state index contributed by atoms with van der Waals surface area (Å²) in [5, 5.41) is 0. The molecule has 2 heteroatoms. The first kappa shape index (κ1) is 12.7. The summed E-state index contributed by atoms with van der Waals surface area (Å²) in [4.78, 5) is 14.6. The summed E-state index contributed by atoms with van der Waals surface area (Å²) in [5.74, 6) is 0.791. The fraction of sp³-hybridized carbons (Fsp3) is 0.588. The van der Waals surface area contributed by atoms with E-state index in [1.807, 2.05) is 0 Å². The molecule has 1 aromatic carbocycles. The van der Waals surface area contributed by atoms with Crippen LogP contribution in [0, 0.1) is 5.92 Å². The van der Waals surface area contributed by atoms with Crippen molar-refractivity contribution in [3.63, 3.8) is 0 Å². The number of carbonyl (C=O) groups is 1. The molecule has 0 radical (unpaired) electrons. The van der Waals surface area contributed by atoms with Gasteiger partial charge < -0.3 is 4.90 Å². The van der Waals surface area contributed by atoms with Gasteiger partial charge in [-0.05, 0) is 37.7 Å². The molecule has 19 heavy (non-hydrogen) atoms. The van der Waals surface area contributed by atoms with E-state index in [4.69, 9.17) is 0 Å². The first-order valence-electron chi connectivity index (χ1n) is 7.69. The number of nitrogens with zero attached hydrogens (tertiary/aromatic N) is 1. The molecular weight excluding hydrogens is 234 g/mol. The molecule has 2 nitrogen and oxygen atoms in total. The predicted octanol–water partition coefficient (Wildman–Crippen LogP) is 3.41. The van der Waals surface area contributed by atoms with E-state index in [1.54, 1.807) is 0 Å². The van der Waals surface area contributed by atoms with E-state index in [9.17, 15) is 4.79 Å². The maximum absolute atomic E-state index is 12.4. The predicted molar refractivity (Wildman–Crippen MR) is 76.8 cm³/mol. The molecule has 2 fully saturated rings. The second-order valence-electron chi connectivity index (χ2n) is 6.00. The standard InChI is InChI=1S/C17H23NO/c19-17(15-10-11-15)18-12-6-2-5-9-16(18)13-14-7-3-1-4-8-14/h1,3-4,7-8,15-16H,2,5-6,9-13H2. The van der Waals surface area contributed by atoms with Gasteiger partial charge in [-0.2, -0.15) is 0 Å². The number of amides is 1. The second-order valence-corrected chi connectivity index (χ2v) is 6.00. The molecule has 1 saturated heterocycles. The zero-order chi connectivity index (χ0) is 13.1. The van der Waals surface area contributed by atoms with E-state index >= 15 is 0 Å². The van der Waals surface area contributed by atoms with Crippen molar-refractivity contribution in [2.45, 2.75) is 51.0 Å². The van der Waals surface area contributed by atoms with E-state index in [0.29, 0.717) is 17.9 Å². The maximum atomic E-state index is 12.4. The molecule has 1 amide bonds. The molecule has 3 rings (SSSR count). The van der Waals surface area contributed by atoms with Gasteiger partial charge in [-0.15, -0.1) is 0 Å². The third-order valence-corrected chi connectivity index (χ3v) is 4.40. The number of hydrogen-bond donors (Lipinski definition) is 0. The topological polar surface area (TPSA) is 20.3 Å². The molecule has 0 bridgehead atoms. The van der Waals surface area contributed by atoms with Gasteiger partial charge in [0.15, 0.2) is 0 Å². The average Bonchev–Trinajstić information content (AvgIpc) is 3.27. The van der Waals surface area contributed by atoms with Gasteiger partial charge in [-0.1, -0.05) is 43.2 Å². The van der Waals surface area contributed by atoms with Crippen LogP contribution in [0.2, 0.25) is 0 Å². The van der Waals surface area contributed by atoms with Gasteiger partial charge in [-0.3, -0.25) is 4.79 Å². The van der Waals surface area contributed by atoms with Crippen molar-refractivity contribution in [2.24, 2.45) is 5.92 Å². The van der Waals surface area contributed by atoms with E-state index in [1.165, 1.54) is 31.2 Å². The van der Waals surface area contributed by atoms with Crippen LogP contribution in [0.1, 0.15) is 44.1 Å². The Morgan fingerprint density at radius 2 is 1.84 bits per heavy atom. The first-order chi connectivity index (χ1) is 9.34. The van der Waals surface area contributed by atoms with Crippen LogP contribution in [0.4, 0.5) is 0 Å². The molecule has 0 N–H and O–H groups in total. The Bertz CT molecular complexity index is 424. The molecule has 1 saturated carbocycles. The van der Waals surface area contributed by atoms with Gasteiger partial charge in [-0.25, -0.2) is 0 Å². The first-order valence-corrected chi connectivity index (χ1v) is 7.69. The van der Waals surface area contributed by atoms with Crippen molar-refractivity contribution in [1.82, 2.24) is 4.90 Å². The number of likely N-dealkylation sites (tertiary alicyclic amines) is 1. The van der Waals surface area contributed by atoms with Gasteiger partial charge in [0.25, 0.3) is 0 Å². The molecule has 1 aliphatic carbocycles. The number of rotatable bonds is 3. The van der Waals surface area contributed by atoms with E-state index in [-0.39, 0.29) is 0 Å². The Kier molecular flexibility index (Phi) is 3.86. The maximum Gasteiger partial charge on any atom is 0.225 e. The molecule has 0 aromatic heterocycles. The molecule has 2 aliphatic rings. The Hall–Kier alpha value is -1.31. The Balaban J connectivity index is 1.72. The van der Waals surface area contributed by atoms with Gasteiger partial charge in [0.2, 0.25) is 5.91 Å². The second kappa shape index (κ2) is 5.77. The van der Waals surface area contributed by atoms with E-state index in [0.717, 1.165) is 25.8 Å². The van der Waals surface area contributed by atoms with Crippen LogP contribution in [0.15, 0.2) is 30.3 Å². The van der Waals surface area contributed by atoms with Gasteiger partial charge in [0, 0.05) is 18.5 Å². The fourth-order valence-electron chi connectivity index (χ4n) is 3.13. The van der Waals surface area contributed by atoms with Gasteiger partial charge in [0.05, 0.1) is 0 Å². The zero-order valence-corrected chi connectivity index (χ0v) is 11.6. The van der Waals surface area contributed by atoms with Crippen LogP contribution in [0.25, 0.3) is 0 Å². The van der Waals surface area contributed by atoms with Crippen LogP contribution >= 0.6 is 0 Å². The van der Waals surface area contributed by atoms with Gasteiger partial charge >= 0.3 is 0 Å². The Morgan fingerprint density at radius 1 is 1.05 bits per heavy atom. The van der Waals surface area contributed by atoms with Crippen molar-refractivity contribution >= 4 is 5.91 Å². The quantitative estimate of drug-likeness (QED) is 0.812. The van der Waals surface area contributed by atoms with Gasteiger partial charge in [0.1, 0.15) is 0 Å². The lowest BCUT2D eigenvalue weighted by Gasteiger charge is -2.30. The SMILES string of the molecule is O=C(C1CC1)N1CCCCCC1Cc1ccccc1. The summed E-state index contributed by atoms with van der Waals surface area (Å²) in [6, 6.07) is 11.1. The summed E-state index contributed by atoms with van der Waals surface area (Å²) < 4.78 is 0. The van der Waals surface area contributed by atoms with Crippen molar-refractivity contribution in [1.29, 1.82) is 0 Å². The number of carbonyl (C=O) groups excluding carboxylic acids is 1. The van der Waals surface area contributed by atoms with E-state index in [2.05, 4.69) is 35.2 Å². The molecule has 1 heterocycles. The van der Waals surface area contributed by atoms with Crippen molar-refractivity contribution in [3.05, 3.63) is 35.9 Å². The molecule has 1 aliphatic heterocycles. The lowest BCUT2D eigenvalue weighted by atomic mass is 10.0. The highest BCUT2D eigenvalue weighted by Gasteiger charge is 2.36. The largest absolute Gasteiger partial charge is 0.339 e. The lowest BCUT2D eigenvalue weighted by molar-refractivity contribution is -0.134. The summed E-state index contributed by atoms with van der Waals surface area (Å²) in [5.41, 5.74) is 1.36. The number of hydrogen-bond acceptors (Lipinski definition) is 1. The molecule has 1 atom stereocenters. The zero-order valence-electron chi connectivity index (χ0n) is 11.6. The minimum Gasteiger partial charge on any atom is -0.339 e. The molecule has 1 aromatic rings. The molecule has 0 spiro atoms. The van der Waals surface area contributed by atoms with Crippen LogP contribution in [-0.2, 0) is 11.2 Å². The average molecular weight is 257 g/mol. The Labute approximate surface area is 115 Å². The highest BCUT2D eigenvalue weighted by molar-refractivity contribution is 5.81. The molecule has 1 unspecified atom stereocenters. The van der Waals surface area contributed by atoms with Crippen molar-refractivity contribution in [2.75, 3.05) is 6.54 Å². The fourth-order valence-corrected chi connectivity index (χ4v) is 3.13. The van der Waals surface area contributed by atoms with Crippen molar-refractivity contribution < 1.29 is 4.79 Å². The minimum atomic E-state index is 0.358. The minimum absolute atomic E-state index is 0.358. The van der Waals surface area contributed by atoms with Crippen LogP contribution < -0.4 is 0 Å². The lowest BCUT2D eigenvalue weighted by Crippen LogP contribution is -2.42. The van der Waals surface area contributed by atoms with Crippen LogP contribution in [0.5, 0.6) is 0 Å². The smallest absolute Gasteiger partial charge is 0.225 e. The molecular formula is C17H23NO. The summed E-state index contributed by atoms with van der Waals surface area (Å²) in [7, 11) is 0. The van der Waals surface area contributed by atoms with E-state index < -0.39 is 0 Å². The summed E-state index contributed by atoms with van der Waals surface area (Å²) in [6.07, 6.45) is 8.17. The highest BCUT2D eigenvalue weighted by atomic mass is 16.2. The molecule has 102 valence electrons. The van der Waals surface area contributed by atoms with Crippen molar-refractivity contribution in [3.8, 4) is 0 Å². The number of benzene rings is 1. The monoisotopic (exact) mass is 257 g/mol. The highest BCUT2D eigenvalue weighted by Crippen LogP contribution is 2.33. The summed E-state index contributed by atoms with van der Waals surface area (Å²) in [6.45, 7) is 0.979. The van der Waals surface area contributed by atoms with Crippen LogP contribution in [0.3, 0.4) is 0 Å². The third kappa shape index (κ3) is 3.17. The third-order valence-electron chi connectivity index (χ3n) is 4.40. The normalized spacial score (nSPS) is 24.0. The van der Waals surface area contributed by atoms with Crippen LogP contribution in [-0.4, -0.2) is 23.4 Å².